The molecule has 4 nitrogen and oxygen atoms in total. The van der Waals surface area contributed by atoms with Gasteiger partial charge in [-0.3, -0.25) is 0 Å². The zero-order chi connectivity index (χ0) is 14.7. The lowest BCUT2D eigenvalue weighted by atomic mass is 10.2. The van der Waals surface area contributed by atoms with Crippen molar-refractivity contribution in [2.75, 3.05) is 5.32 Å². The molecule has 0 aliphatic heterocycles. The van der Waals surface area contributed by atoms with Gasteiger partial charge in [0.2, 0.25) is 0 Å². The molecule has 0 unspecified atom stereocenters. The van der Waals surface area contributed by atoms with E-state index < -0.39 is 0 Å². The molecule has 0 saturated carbocycles. The number of anilines is 1. The van der Waals surface area contributed by atoms with Crippen molar-refractivity contribution in [3.63, 3.8) is 0 Å². The molecule has 0 atom stereocenters. The summed E-state index contributed by atoms with van der Waals surface area (Å²) in [5, 5.41) is 8.64. The molecule has 0 aliphatic carbocycles. The minimum absolute atomic E-state index is 0.556. The molecular weight excluding hydrogens is 307 g/mol. The Morgan fingerprint density at radius 3 is 2.71 bits per heavy atom. The van der Waals surface area contributed by atoms with Crippen molar-refractivity contribution in [1.29, 1.82) is 0 Å². The molecule has 106 valence electrons. The van der Waals surface area contributed by atoms with Gasteiger partial charge in [-0.1, -0.05) is 47.5 Å². The predicted molar refractivity (Wildman–Crippen MR) is 85.1 cm³/mol. The molecule has 0 saturated heterocycles. The fourth-order valence-electron chi connectivity index (χ4n) is 2.03. The van der Waals surface area contributed by atoms with E-state index in [2.05, 4.69) is 15.4 Å². The Bertz CT molecular complexity index is 741. The van der Waals surface area contributed by atoms with Crippen LogP contribution in [0.2, 0.25) is 10.0 Å². The lowest BCUT2D eigenvalue weighted by Crippen LogP contribution is -2.05. The molecule has 1 heterocycles. The number of halogens is 2. The highest BCUT2D eigenvalue weighted by atomic mass is 35.5. The normalized spacial score (nSPS) is 10.6. The van der Waals surface area contributed by atoms with Gasteiger partial charge in [-0.2, -0.15) is 5.10 Å². The number of hydrogen-bond acceptors (Lipinski definition) is 3. The average Bonchev–Trinajstić information content (AvgIpc) is 3.03. The highest BCUT2D eigenvalue weighted by molar-refractivity contribution is 6.42. The van der Waals surface area contributed by atoms with E-state index in [1.54, 1.807) is 17.1 Å². The Hall–Kier alpha value is -2.04. The summed E-state index contributed by atoms with van der Waals surface area (Å²) in [6.45, 7) is 0.575. The lowest BCUT2D eigenvalue weighted by molar-refractivity contribution is 0.878. The molecule has 3 aromatic rings. The summed E-state index contributed by atoms with van der Waals surface area (Å²) < 4.78 is 1.71. The monoisotopic (exact) mass is 318 g/mol. The fourth-order valence-corrected chi connectivity index (χ4v) is 2.42. The predicted octanol–water partition coefficient (Wildman–Crippen LogP) is 4.19. The molecular formula is C15H12Cl2N4. The number of benzene rings is 2. The number of rotatable bonds is 4. The molecule has 0 bridgehead atoms. The molecule has 1 aromatic heterocycles. The number of nitrogens with one attached hydrogen (secondary N) is 1. The first-order chi connectivity index (χ1) is 10.3. The Labute approximate surface area is 132 Å². The van der Waals surface area contributed by atoms with E-state index in [-0.39, 0.29) is 0 Å². The molecule has 0 amide bonds. The average molecular weight is 319 g/mol. The number of hydrogen-bond donors (Lipinski definition) is 1. The van der Waals surface area contributed by atoms with Crippen LogP contribution >= 0.6 is 23.2 Å². The van der Waals surface area contributed by atoms with Crippen LogP contribution in [0.15, 0.2) is 55.1 Å². The molecule has 0 fully saturated rings. The molecule has 0 spiro atoms. The van der Waals surface area contributed by atoms with Crippen LogP contribution in [-0.2, 0) is 6.54 Å². The quantitative estimate of drug-likeness (QED) is 0.784. The van der Waals surface area contributed by atoms with E-state index >= 15 is 0 Å². The van der Waals surface area contributed by atoms with Crippen LogP contribution in [0.4, 0.5) is 5.69 Å². The van der Waals surface area contributed by atoms with Crippen molar-refractivity contribution in [3.8, 4) is 5.69 Å². The zero-order valence-corrected chi connectivity index (χ0v) is 12.5. The van der Waals surface area contributed by atoms with E-state index in [1.807, 2.05) is 36.4 Å². The van der Waals surface area contributed by atoms with Crippen LogP contribution in [0.5, 0.6) is 0 Å². The first kappa shape index (κ1) is 13.9. The van der Waals surface area contributed by atoms with Crippen molar-refractivity contribution in [1.82, 2.24) is 14.8 Å². The second-order valence-electron chi connectivity index (χ2n) is 4.42. The summed E-state index contributed by atoms with van der Waals surface area (Å²) in [7, 11) is 0. The van der Waals surface area contributed by atoms with E-state index in [0.717, 1.165) is 16.9 Å². The van der Waals surface area contributed by atoms with Gasteiger partial charge < -0.3 is 5.32 Å². The number of para-hydroxylation sites is 2. The summed E-state index contributed by atoms with van der Waals surface area (Å²) in [6.07, 6.45) is 3.16. The molecule has 0 radical (unpaired) electrons. The molecule has 21 heavy (non-hydrogen) atoms. The van der Waals surface area contributed by atoms with Crippen molar-refractivity contribution < 1.29 is 0 Å². The molecule has 6 heteroatoms. The van der Waals surface area contributed by atoms with Crippen LogP contribution in [-0.4, -0.2) is 14.8 Å². The summed E-state index contributed by atoms with van der Waals surface area (Å²) in [5.41, 5.74) is 2.81. The smallest absolute Gasteiger partial charge is 0.138 e. The molecule has 2 aromatic carbocycles. The van der Waals surface area contributed by atoms with Crippen molar-refractivity contribution in [2.24, 2.45) is 0 Å². The first-order valence-corrected chi connectivity index (χ1v) is 7.12. The summed E-state index contributed by atoms with van der Waals surface area (Å²) in [6, 6.07) is 13.5. The third-order valence-corrected chi connectivity index (χ3v) is 3.93. The Balaban J connectivity index is 1.85. The van der Waals surface area contributed by atoms with Crippen LogP contribution in [0, 0.1) is 0 Å². The van der Waals surface area contributed by atoms with Gasteiger partial charge in [-0.15, -0.1) is 0 Å². The first-order valence-electron chi connectivity index (χ1n) is 6.36. The second-order valence-corrected chi connectivity index (χ2v) is 5.21. The Morgan fingerprint density at radius 1 is 1.05 bits per heavy atom. The topological polar surface area (TPSA) is 42.7 Å². The van der Waals surface area contributed by atoms with Crippen molar-refractivity contribution in [2.45, 2.75) is 6.54 Å². The minimum atomic E-state index is 0.556. The third kappa shape index (κ3) is 3.01. The maximum absolute atomic E-state index is 6.20. The third-order valence-electron chi connectivity index (χ3n) is 3.07. The molecule has 0 aliphatic rings. The summed E-state index contributed by atoms with van der Waals surface area (Å²) >= 11 is 12.2. The van der Waals surface area contributed by atoms with E-state index in [0.29, 0.717) is 16.6 Å². The lowest BCUT2D eigenvalue weighted by Gasteiger charge is -2.12. The van der Waals surface area contributed by atoms with Gasteiger partial charge in [0.05, 0.1) is 21.4 Å². The van der Waals surface area contributed by atoms with Gasteiger partial charge in [0.1, 0.15) is 12.7 Å². The number of aromatic nitrogens is 3. The molecule has 3 rings (SSSR count). The fraction of sp³-hybridized carbons (Fsp3) is 0.0667. The van der Waals surface area contributed by atoms with Gasteiger partial charge in [-0.25, -0.2) is 9.67 Å². The Kier molecular flexibility index (Phi) is 4.08. The SMILES string of the molecule is Clc1cccc(CNc2ccccc2-n2cncn2)c1Cl. The van der Waals surface area contributed by atoms with E-state index in [4.69, 9.17) is 23.2 Å². The van der Waals surface area contributed by atoms with Gasteiger partial charge in [0.15, 0.2) is 0 Å². The van der Waals surface area contributed by atoms with E-state index in [1.165, 1.54) is 6.33 Å². The minimum Gasteiger partial charge on any atom is -0.379 e. The highest BCUT2D eigenvalue weighted by Gasteiger charge is 2.07. The summed E-state index contributed by atoms with van der Waals surface area (Å²) in [5.74, 6) is 0. The van der Waals surface area contributed by atoms with Gasteiger partial charge in [-0.05, 0) is 23.8 Å². The van der Waals surface area contributed by atoms with Crippen LogP contribution in [0.1, 0.15) is 5.56 Å². The second kappa shape index (κ2) is 6.16. The van der Waals surface area contributed by atoms with Crippen LogP contribution in [0.25, 0.3) is 5.69 Å². The van der Waals surface area contributed by atoms with Crippen LogP contribution < -0.4 is 5.32 Å². The zero-order valence-electron chi connectivity index (χ0n) is 11.0. The largest absolute Gasteiger partial charge is 0.379 e. The molecule has 1 N–H and O–H groups in total. The maximum Gasteiger partial charge on any atom is 0.138 e. The number of nitrogens with zero attached hydrogens (tertiary/aromatic N) is 3. The van der Waals surface area contributed by atoms with Gasteiger partial charge >= 0.3 is 0 Å². The van der Waals surface area contributed by atoms with Crippen molar-refractivity contribution in [3.05, 3.63) is 70.7 Å². The van der Waals surface area contributed by atoms with Gasteiger partial charge in [0.25, 0.3) is 0 Å². The standard InChI is InChI=1S/C15H12Cl2N4/c16-12-5-3-4-11(15(12)17)8-19-13-6-1-2-7-14(13)21-10-18-9-20-21/h1-7,9-10,19H,8H2. The van der Waals surface area contributed by atoms with Crippen molar-refractivity contribution >= 4 is 28.9 Å². The maximum atomic E-state index is 6.20. The Morgan fingerprint density at radius 2 is 1.90 bits per heavy atom. The van der Waals surface area contributed by atoms with E-state index in [9.17, 15) is 0 Å². The van der Waals surface area contributed by atoms with Crippen LogP contribution in [0.3, 0.4) is 0 Å². The highest BCUT2D eigenvalue weighted by Crippen LogP contribution is 2.27. The van der Waals surface area contributed by atoms with Gasteiger partial charge in [0, 0.05) is 6.54 Å². The summed E-state index contributed by atoms with van der Waals surface area (Å²) in [4.78, 5) is 3.97.